The fourth-order valence-corrected chi connectivity index (χ4v) is 3.64. The molecule has 5 heteroatoms. The molecular weight excluding hydrogens is 258 g/mol. The Kier molecular flexibility index (Phi) is 5.54. The average molecular weight is 285 g/mol. The van der Waals surface area contributed by atoms with E-state index in [2.05, 4.69) is 29.5 Å². The molecule has 0 aromatic rings. The molecule has 0 radical (unpaired) electrons. The third kappa shape index (κ3) is 4.97. The number of nitrogens with zero attached hydrogens (tertiary/aromatic N) is 1. The molecule has 1 unspecified atom stereocenters. The minimum absolute atomic E-state index is 0.208. The molecule has 0 saturated carbocycles. The van der Waals surface area contributed by atoms with E-state index in [-0.39, 0.29) is 11.3 Å². The zero-order valence-corrected chi connectivity index (χ0v) is 13.0. The van der Waals surface area contributed by atoms with Crippen molar-refractivity contribution in [2.24, 2.45) is 5.41 Å². The van der Waals surface area contributed by atoms with Crippen LogP contribution in [0, 0.1) is 5.41 Å². The first-order chi connectivity index (χ1) is 9.07. The quantitative estimate of drug-likeness (QED) is 0.806. The summed E-state index contributed by atoms with van der Waals surface area (Å²) in [5.74, 6) is 2.44. The summed E-state index contributed by atoms with van der Waals surface area (Å²) in [4.78, 5) is 14.4. The second-order valence-corrected chi connectivity index (χ2v) is 7.47. The molecule has 2 heterocycles. The van der Waals surface area contributed by atoms with Crippen LogP contribution >= 0.6 is 11.8 Å². The molecule has 0 aromatic heterocycles. The standard InChI is InChI=1S/C14H27N3OS/c1-14(3-6-17(2)7-4-14)11-16-13(18)9-12-10-19-8-5-15-12/h12,15H,3-11H2,1-2H3,(H,16,18). The average Bonchev–Trinajstić information content (AvgIpc) is 2.42. The van der Waals surface area contributed by atoms with Gasteiger partial charge in [0.25, 0.3) is 0 Å². The van der Waals surface area contributed by atoms with Crippen LogP contribution in [0.4, 0.5) is 0 Å². The number of thioether (sulfide) groups is 1. The van der Waals surface area contributed by atoms with E-state index in [9.17, 15) is 4.79 Å². The van der Waals surface area contributed by atoms with Gasteiger partial charge in [-0.05, 0) is 38.4 Å². The van der Waals surface area contributed by atoms with Gasteiger partial charge < -0.3 is 15.5 Å². The molecule has 2 N–H and O–H groups in total. The number of amides is 1. The minimum Gasteiger partial charge on any atom is -0.356 e. The van der Waals surface area contributed by atoms with Gasteiger partial charge in [-0.2, -0.15) is 11.8 Å². The Morgan fingerprint density at radius 1 is 1.47 bits per heavy atom. The maximum absolute atomic E-state index is 12.0. The molecule has 0 aromatic carbocycles. The highest BCUT2D eigenvalue weighted by Gasteiger charge is 2.29. The van der Waals surface area contributed by atoms with Crippen LogP contribution in [0.2, 0.25) is 0 Å². The van der Waals surface area contributed by atoms with E-state index in [1.807, 2.05) is 11.8 Å². The lowest BCUT2D eigenvalue weighted by molar-refractivity contribution is -0.122. The van der Waals surface area contributed by atoms with Crippen LogP contribution in [0.1, 0.15) is 26.2 Å². The largest absolute Gasteiger partial charge is 0.356 e. The van der Waals surface area contributed by atoms with Crippen molar-refractivity contribution in [2.75, 3.05) is 44.7 Å². The van der Waals surface area contributed by atoms with Gasteiger partial charge in [-0.25, -0.2) is 0 Å². The molecule has 4 nitrogen and oxygen atoms in total. The summed E-state index contributed by atoms with van der Waals surface area (Å²) in [5.41, 5.74) is 0.289. The number of hydrogen-bond acceptors (Lipinski definition) is 4. The fraction of sp³-hybridized carbons (Fsp3) is 0.929. The Hall–Kier alpha value is -0.260. The van der Waals surface area contributed by atoms with Crippen molar-refractivity contribution in [1.29, 1.82) is 0 Å². The number of carbonyl (C=O) groups is 1. The summed E-state index contributed by atoms with van der Waals surface area (Å²) in [6.45, 7) is 6.46. The lowest BCUT2D eigenvalue weighted by Crippen LogP contribution is -2.45. The molecular formula is C14H27N3OS. The zero-order valence-electron chi connectivity index (χ0n) is 12.2. The summed E-state index contributed by atoms with van der Waals surface area (Å²) in [7, 11) is 2.17. The molecule has 0 spiro atoms. The van der Waals surface area contributed by atoms with Crippen molar-refractivity contribution in [1.82, 2.24) is 15.5 Å². The molecule has 2 saturated heterocycles. The predicted molar refractivity (Wildman–Crippen MR) is 81.6 cm³/mol. The van der Waals surface area contributed by atoms with E-state index >= 15 is 0 Å². The van der Waals surface area contributed by atoms with Gasteiger partial charge >= 0.3 is 0 Å². The van der Waals surface area contributed by atoms with E-state index in [0.29, 0.717) is 12.5 Å². The van der Waals surface area contributed by atoms with Crippen molar-refractivity contribution >= 4 is 17.7 Å². The first-order valence-electron chi connectivity index (χ1n) is 7.34. The van der Waals surface area contributed by atoms with Gasteiger partial charge in [0, 0.05) is 37.1 Å². The fourth-order valence-electron chi connectivity index (χ4n) is 2.69. The van der Waals surface area contributed by atoms with E-state index in [4.69, 9.17) is 0 Å². The summed E-state index contributed by atoms with van der Waals surface area (Å²) >= 11 is 1.94. The molecule has 0 aliphatic carbocycles. The lowest BCUT2D eigenvalue weighted by Gasteiger charge is -2.38. The Morgan fingerprint density at radius 2 is 2.21 bits per heavy atom. The first-order valence-corrected chi connectivity index (χ1v) is 8.49. The Morgan fingerprint density at radius 3 is 2.84 bits per heavy atom. The van der Waals surface area contributed by atoms with E-state index in [1.54, 1.807) is 0 Å². The van der Waals surface area contributed by atoms with Crippen molar-refractivity contribution in [3.05, 3.63) is 0 Å². The van der Waals surface area contributed by atoms with Gasteiger partial charge in [0.05, 0.1) is 0 Å². The molecule has 2 rings (SSSR count). The monoisotopic (exact) mass is 285 g/mol. The van der Waals surface area contributed by atoms with Gasteiger partial charge in [-0.1, -0.05) is 6.92 Å². The highest BCUT2D eigenvalue weighted by atomic mass is 32.2. The number of likely N-dealkylation sites (tertiary alicyclic amines) is 1. The summed E-state index contributed by atoms with van der Waals surface area (Å²) in [6, 6.07) is 0.365. The first kappa shape index (κ1) is 15.1. The Labute approximate surface area is 121 Å². The van der Waals surface area contributed by atoms with Gasteiger partial charge in [0.2, 0.25) is 5.91 Å². The second kappa shape index (κ2) is 6.95. The normalized spacial score (nSPS) is 28.0. The molecule has 19 heavy (non-hydrogen) atoms. The molecule has 2 aliphatic rings. The number of rotatable bonds is 4. The topological polar surface area (TPSA) is 44.4 Å². The van der Waals surface area contributed by atoms with Gasteiger partial charge in [0.1, 0.15) is 0 Å². The third-order valence-electron chi connectivity index (χ3n) is 4.34. The van der Waals surface area contributed by atoms with Crippen molar-refractivity contribution < 1.29 is 4.79 Å². The highest BCUT2D eigenvalue weighted by Crippen LogP contribution is 2.29. The number of hydrogen-bond donors (Lipinski definition) is 2. The minimum atomic E-state index is 0.208. The Bertz CT molecular complexity index is 297. The molecule has 2 aliphatic heterocycles. The maximum Gasteiger partial charge on any atom is 0.221 e. The van der Waals surface area contributed by atoms with E-state index < -0.39 is 0 Å². The molecule has 1 atom stereocenters. The van der Waals surface area contributed by atoms with Gasteiger partial charge in [-0.15, -0.1) is 0 Å². The highest BCUT2D eigenvalue weighted by molar-refractivity contribution is 7.99. The van der Waals surface area contributed by atoms with Crippen LogP contribution in [-0.2, 0) is 4.79 Å². The second-order valence-electron chi connectivity index (χ2n) is 6.32. The van der Waals surface area contributed by atoms with E-state index in [0.717, 1.165) is 31.9 Å². The lowest BCUT2D eigenvalue weighted by atomic mass is 9.80. The maximum atomic E-state index is 12.0. The zero-order chi connectivity index (χ0) is 13.7. The molecule has 1 amide bonds. The molecule has 110 valence electrons. The number of carbonyl (C=O) groups excluding carboxylic acids is 1. The number of piperidine rings is 1. The number of nitrogens with one attached hydrogen (secondary N) is 2. The van der Waals surface area contributed by atoms with Crippen molar-refractivity contribution in [2.45, 2.75) is 32.2 Å². The predicted octanol–water partition coefficient (Wildman–Crippen LogP) is 0.930. The molecule has 2 fully saturated rings. The summed E-state index contributed by atoms with van der Waals surface area (Å²) in [6.07, 6.45) is 2.99. The van der Waals surface area contributed by atoms with Crippen LogP contribution < -0.4 is 10.6 Å². The summed E-state index contributed by atoms with van der Waals surface area (Å²) in [5, 5.41) is 6.56. The SMILES string of the molecule is CN1CCC(C)(CNC(=O)CC2CSCCN2)CC1. The van der Waals surface area contributed by atoms with E-state index in [1.165, 1.54) is 18.6 Å². The van der Waals surface area contributed by atoms with Crippen molar-refractivity contribution in [3.63, 3.8) is 0 Å². The smallest absolute Gasteiger partial charge is 0.221 e. The van der Waals surface area contributed by atoms with Crippen molar-refractivity contribution in [3.8, 4) is 0 Å². The van der Waals surface area contributed by atoms with Crippen LogP contribution in [-0.4, -0.2) is 61.6 Å². The van der Waals surface area contributed by atoms with Crippen LogP contribution in [0.3, 0.4) is 0 Å². The van der Waals surface area contributed by atoms with Gasteiger partial charge in [0.15, 0.2) is 0 Å². The van der Waals surface area contributed by atoms with Crippen LogP contribution in [0.15, 0.2) is 0 Å². The Balaban J connectivity index is 1.67. The third-order valence-corrected chi connectivity index (χ3v) is 5.47. The summed E-state index contributed by atoms with van der Waals surface area (Å²) < 4.78 is 0. The van der Waals surface area contributed by atoms with Gasteiger partial charge in [-0.3, -0.25) is 4.79 Å². The van der Waals surface area contributed by atoms with Crippen LogP contribution in [0.25, 0.3) is 0 Å². The molecule has 0 bridgehead atoms. The van der Waals surface area contributed by atoms with Crippen LogP contribution in [0.5, 0.6) is 0 Å².